The minimum Gasteiger partial charge on any atom is -0.381 e. The van der Waals surface area contributed by atoms with Gasteiger partial charge in [0.15, 0.2) is 0 Å². The molecule has 2 unspecified atom stereocenters. The Morgan fingerprint density at radius 1 is 1.11 bits per heavy atom. The zero-order valence-corrected chi connectivity index (χ0v) is 11.2. The van der Waals surface area contributed by atoms with Crippen molar-refractivity contribution in [1.29, 1.82) is 0 Å². The molecule has 2 fully saturated rings. The van der Waals surface area contributed by atoms with Crippen molar-refractivity contribution in [3.8, 4) is 0 Å². The summed E-state index contributed by atoms with van der Waals surface area (Å²) < 4.78 is 0. The number of nitrogens with one attached hydrogen (secondary N) is 2. The normalized spacial score (nSPS) is 27.6. The summed E-state index contributed by atoms with van der Waals surface area (Å²) in [7, 11) is 0. The van der Waals surface area contributed by atoms with Crippen molar-refractivity contribution in [3.05, 3.63) is 24.4 Å². The number of H-pyrrole nitrogens is 1. The van der Waals surface area contributed by atoms with Crippen LogP contribution in [0.25, 0.3) is 10.9 Å². The van der Waals surface area contributed by atoms with Gasteiger partial charge in [-0.25, -0.2) is 0 Å². The van der Waals surface area contributed by atoms with Crippen LogP contribution in [-0.4, -0.2) is 16.2 Å². The fraction of sp³-hybridized carbons (Fsp3) is 0.562. The summed E-state index contributed by atoms with van der Waals surface area (Å²) >= 11 is 0. The molecule has 3 heteroatoms. The minimum absolute atomic E-state index is 0.647. The Kier molecular flexibility index (Phi) is 2.71. The summed E-state index contributed by atoms with van der Waals surface area (Å²) in [6.45, 7) is 0. The number of hydrogen-bond donors (Lipinski definition) is 2. The molecule has 2 atom stereocenters. The fourth-order valence-electron chi connectivity index (χ4n) is 3.66. The van der Waals surface area contributed by atoms with Crippen LogP contribution in [0.1, 0.15) is 38.5 Å². The molecule has 2 aliphatic rings. The Labute approximate surface area is 113 Å². The van der Waals surface area contributed by atoms with Gasteiger partial charge < -0.3 is 5.32 Å². The molecule has 100 valence electrons. The van der Waals surface area contributed by atoms with Gasteiger partial charge in [0.2, 0.25) is 0 Å². The van der Waals surface area contributed by atoms with E-state index in [0.717, 1.165) is 17.4 Å². The smallest absolute Gasteiger partial charge is 0.0881 e. The molecule has 0 radical (unpaired) electrons. The molecule has 1 aromatic carbocycles. The molecule has 0 bridgehead atoms. The second-order valence-corrected chi connectivity index (χ2v) is 6.25. The third kappa shape index (κ3) is 2.22. The van der Waals surface area contributed by atoms with E-state index in [2.05, 4.69) is 33.7 Å². The Balaban J connectivity index is 1.52. The predicted octanol–water partition coefficient (Wildman–Crippen LogP) is 3.94. The highest BCUT2D eigenvalue weighted by Gasteiger charge is 2.34. The summed E-state index contributed by atoms with van der Waals surface area (Å²) in [5.74, 6) is 2.03. The van der Waals surface area contributed by atoms with Gasteiger partial charge in [-0.15, -0.1) is 0 Å². The number of para-hydroxylation sites is 1. The maximum atomic E-state index is 4.14. The van der Waals surface area contributed by atoms with E-state index < -0.39 is 0 Å². The molecule has 1 heterocycles. The number of aromatic amines is 1. The van der Waals surface area contributed by atoms with Crippen molar-refractivity contribution in [2.24, 2.45) is 11.8 Å². The maximum Gasteiger partial charge on any atom is 0.0881 e. The molecule has 4 rings (SSSR count). The van der Waals surface area contributed by atoms with Gasteiger partial charge in [-0.05, 0) is 43.6 Å². The number of hydrogen-bond acceptors (Lipinski definition) is 2. The van der Waals surface area contributed by atoms with E-state index in [1.807, 2.05) is 6.20 Å². The SMILES string of the molecule is c1cc(NC2CCCC(C3CC3)C2)c2[nH]ncc2c1. The lowest BCUT2D eigenvalue weighted by molar-refractivity contribution is 0.303. The lowest BCUT2D eigenvalue weighted by Gasteiger charge is -2.30. The summed E-state index contributed by atoms with van der Waals surface area (Å²) in [6, 6.07) is 7.04. The molecule has 2 aliphatic carbocycles. The van der Waals surface area contributed by atoms with Gasteiger partial charge in [0.1, 0.15) is 0 Å². The Morgan fingerprint density at radius 2 is 2.05 bits per heavy atom. The molecule has 0 saturated heterocycles. The molecule has 2 aromatic rings. The van der Waals surface area contributed by atoms with E-state index in [0.29, 0.717) is 6.04 Å². The van der Waals surface area contributed by atoms with Crippen LogP contribution >= 0.6 is 0 Å². The first-order chi connectivity index (χ1) is 9.40. The molecule has 2 saturated carbocycles. The maximum absolute atomic E-state index is 4.14. The van der Waals surface area contributed by atoms with Crippen LogP contribution in [0.5, 0.6) is 0 Å². The highest BCUT2D eigenvalue weighted by molar-refractivity contribution is 5.89. The summed E-state index contributed by atoms with van der Waals surface area (Å²) in [6.07, 6.45) is 10.4. The number of anilines is 1. The highest BCUT2D eigenvalue weighted by atomic mass is 15.1. The van der Waals surface area contributed by atoms with Gasteiger partial charge in [-0.3, -0.25) is 5.10 Å². The quantitative estimate of drug-likeness (QED) is 0.872. The Bertz CT molecular complexity index is 570. The van der Waals surface area contributed by atoms with Gasteiger partial charge in [0, 0.05) is 11.4 Å². The van der Waals surface area contributed by atoms with Crippen LogP contribution in [0.3, 0.4) is 0 Å². The molecular weight excluding hydrogens is 234 g/mol. The monoisotopic (exact) mass is 255 g/mol. The zero-order chi connectivity index (χ0) is 12.7. The Hall–Kier alpha value is -1.51. The standard InChI is InChI=1S/C16H21N3/c1-3-12(11-7-8-11)9-14(5-1)18-15-6-2-4-13-10-17-19-16(13)15/h2,4,6,10-12,14,18H,1,3,5,7-9H2,(H,17,19). The van der Waals surface area contributed by atoms with Crippen LogP contribution in [0.4, 0.5) is 5.69 Å². The van der Waals surface area contributed by atoms with Crippen LogP contribution in [-0.2, 0) is 0 Å². The molecule has 2 N–H and O–H groups in total. The molecule has 0 amide bonds. The van der Waals surface area contributed by atoms with Crippen molar-refractivity contribution in [1.82, 2.24) is 10.2 Å². The number of fused-ring (bicyclic) bond motifs is 1. The van der Waals surface area contributed by atoms with E-state index in [1.54, 1.807) is 0 Å². The van der Waals surface area contributed by atoms with Gasteiger partial charge >= 0.3 is 0 Å². The fourth-order valence-corrected chi connectivity index (χ4v) is 3.66. The van der Waals surface area contributed by atoms with E-state index in [9.17, 15) is 0 Å². The molecule has 0 aliphatic heterocycles. The van der Waals surface area contributed by atoms with E-state index in [1.165, 1.54) is 49.6 Å². The topological polar surface area (TPSA) is 40.7 Å². The summed E-state index contributed by atoms with van der Waals surface area (Å²) in [5, 5.41) is 12.2. The number of rotatable bonds is 3. The molecule has 0 spiro atoms. The van der Waals surface area contributed by atoms with Crippen LogP contribution in [0, 0.1) is 11.8 Å². The van der Waals surface area contributed by atoms with Gasteiger partial charge in [0.05, 0.1) is 17.4 Å². The van der Waals surface area contributed by atoms with E-state index in [-0.39, 0.29) is 0 Å². The average molecular weight is 255 g/mol. The molecule has 1 aromatic heterocycles. The molecule has 3 nitrogen and oxygen atoms in total. The zero-order valence-electron chi connectivity index (χ0n) is 11.2. The average Bonchev–Trinajstić information content (AvgIpc) is 3.17. The molecular formula is C16H21N3. The van der Waals surface area contributed by atoms with Gasteiger partial charge in [-0.2, -0.15) is 5.10 Å². The van der Waals surface area contributed by atoms with Crippen LogP contribution in [0.15, 0.2) is 24.4 Å². The van der Waals surface area contributed by atoms with Crippen LogP contribution in [0.2, 0.25) is 0 Å². The first kappa shape index (κ1) is 11.3. The largest absolute Gasteiger partial charge is 0.381 e. The second kappa shape index (κ2) is 4.55. The second-order valence-electron chi connectivity index (χ2n) is 6.25. The highest BCUT2D eigenvalue weighted by Crippen LogP contribution is 2.44. The lowest BCUT2D eigenvalue weighted by atomic mass is 9.82. The van der Waals surface area contributed by atoms with Gasteiger partial charge in [-0.1, -0.05) is 25.0 Å². The molecule has 19 heavy (non-hydrogen) atoms. The number of nitrogens with zero attached hydrogens (tertiary/aromatic N) is 1. The third-order valence-corrected chi connectivity index (χ3v) is 4.84. The first-order valence-electron chi connectivity index (χ1n) is 7.59. The van der Waals surface area contributed by atoms with Gasteiger partial charge in [0.25, 0.3) is 0 Å². The van der Waals surface area contributed by atoms with Crippen LogP contribution < -0.4 is 5.32 Å². The Morgan fingerprint density at radius 3 is 2.95 bits per heavy atom. The lowest BCUT2D eigenvalue weighted by Crippen LogP contribution is -2.28. The van der Waals surface area contributed by atoms with E-state index >= 15 is 0 Å². The predicted molar refractivity (Wildman–Crippen MR) is 78.2 cm³/mol. The number of aromatic nitrogens is 2. The first-order valence-corrected chi connectivity index (χ1v) is 7.59. The van der Waals surface area contributed by atoms with Crippen molar-refractivity contribution in [2.75, 3.05) is 5.32 Å². The van der Waals surface area contributed by atoms with E-state index in [4.69, 9.17) is 0 Å². The minimum atomic E-state index is 0.647. The summed E-state index contributed by atoms with van der Waals surface area (Å²) in [4.78, 5) is 0. The van der Waals surface area contributed by atoms with Crippen molar-refractivity contribution in [3.63, 3.8) is 0 Å². The van der Waals surface area contributed by atoms with Crippen molar-refractivity contribution < 1.29 is 0 Å². The van der Waals surface area contributed by atoms with Crippen molar-refractivity contribution >= 4 is 16.6 Å². The van der Waals surface area contributed by atoms with Crippen molar-refractivity contribution in [2.45, 2.75) is 44.6 Å². The summed E-state index contributed by atoms with van der Waals surface area (Å²) in [5.41, 5.74) is 2.37. The third-order valence-electron chi connectivity index (χ3n) is 4.84. The number of benzene rings is 1.